The lowest BCUT2D eigenvalue weighted by molar-refractivity contribution is -0.121. The minimum atomic E-state index is -0.459. The largest absolute Gasteiger partial charge is 0.323 e. The van der Waals surface area contributed by atoms with Gasteiger partial charge < -0.3 is 10.6 Å². The van der Waals surface area contributed by atoms with Crippen molar-refractivity contribution in [2.45, 2.75) is 25.3 Å². The molecular formula is C12H15ClN2O. The monoisotopic (exact) mass is 238 g/mol. The lowest BCUT2D eigenvalue weighted by Crippen LogP contribution is -2.48. The number of para-hydroxylation sites is 1. The Kier molecular flexibility index (Phi) is 3.17. The van der Waals surface area contributed by atoms with Crippen LogP contribution in [0.2, 0.25) is 5.02 Å². The molecule has 0 aromatic heterocycles. The molecule has 1 aliphatic heterocycles. The zero-order valence-electron chi connectivity index (χ0n) is 9.22. The molecule has 86 valence electrons. The first-order chi connectivity index (χ1) is 7.62. The maximum atomic E-state index is 12.1. The highest BCUT2D eigenvalue weighted by Crippen LogP contribution is 2.24. The van der Waals surface area contributed by atoms with E-state index in [0.29, 0.717) is 10.7 Å². The van der Waals surface area contributed by atoms with Crippen LogP contribution in [-0.4, -0.2) is 18.0 Å². The van der Waals surface area contributed by atoms with Gasteiger partial charge in [0, 0.05) is 0 Å². The first kappa shape index (κ1) is 11.4. The molecule has 1 aromatic carbocycles. The number of amides is 1. The number of halogens is 1. The zero-order valence-corrected chi connectivity index (χ0v) is 9.97. The van der Waals surface area contributed by atoms with Crippen LogP contribution in [0, 0.1) is 0 Å². The van der Waals surface area contributed by atoms with Crippen LogP contribution in [0.5, 0.6) is 0 Å². The molecule has 1 fully saturated rings. The Labute approximate surface area is 100 Å². The van der Waals surface area contributed by atoms with Crippen LogP contribution in [0.15, 0.2) is 24.3 Å². The van der Waals surface area contributed by atoms with E-state index in [9.17, 15) is 4.79 Å². The van der Waals surface area contributed by atoms with E-state index in [1.54, 1.807) is 12.1 Å². The predicted molar refractivity (Wildman–Crippen MR) is 65.7 cm³/mol. The molecule has 1 aliphatic rings. The minimum Gasteiger partial charge on any atom is -0.323 e. The molecule has 2 rings (SSSR count). The molecule has 1 atom stereocenters. The number of hydrogen-bond acceptors (Lipinski definition) is 2. The fourth-order valence-corrected chi connectivity index (χ4v) is 2.09. The maximum Gasteiger partial charge on any atom is 0.244 e. The third kappa shape index (κ3) is 2.20. The standard InChI is InChI=1S/C12H15ClN2O/c1-12(7-4-8-14-12)11(16)15-10-6-3-2-5-9(10)13/h2-3,5-6,14H,4,7-8H2,1H3,(H,15,16). The third-order valence-corrected chi connectivity index (χ3v) is 3.32. The van der Waals surface area contributed by atoms with Crippen molar-refractivity contribution in [2.75, 3.05) is 11.9 Å². The maximum absolute atomic E-state index is 12.1. The highest BCUT2D eigenvalue weighted by molar-refractivity contribution is 6.33. The molecule has 1 saturated heterocycles. The Morgan fingerprint density at radius 3 is 2.88 bits per heavy atom. The number of carbonyl (C=O) groups excluding carboxylic acids is 1. The molecular weight excluding hydrogens is 224 g/mol. The van der Waals surface area contributed by atoms with Gasteiger partial charge in [-0.25, -0.2) is 0 Å². The number of anilines is 1. The van der Waals surface area contributed by atoms with Crippen LogP contribution in [0.25, 0.3) is 0 Å². The second-order valence-electron chi connectivity index (χ2n) is 4.30. The molecule has 0 aliphatic carbocycles. The molecule has 1 aromatic rings. The molecule has 0 saturated carbocycles. The fraction of sp³-hybridized carbons (Fsp3) is 0.417. The first-order valence-electron chi connectivity index (χ1n) is 5.43. The van der Waals surface area contributed by atoms with E-state index in [0.717, 1.165) is 19.4 Å². The van der Waals surface area contributed by atoms with E-state index in [2.05, 4.69) is 10.6 Å². The average molecular weight is 239 g/mol. The van der Waals surface area contributed by atoms with Gasteiger partial charge in [-0.2, -0.15) is 0 Å². The molecule has 1 heterocycles. The van der Waals surface area contributed by atoms with Gasteiger partial charge in [0.1, 0.15) is 0 Å². The van der Waals surface area contributed by atoms with Gasteiger partial charge in [0.2, 0.25) is 5.91 Å². The summed E-state index contributed by atoms with van der Waals surface area (Å²) in [6, 6.07) is 7.26. The van der Waals surface area contributed by atoms with Gasteiger partial charge in [0.25, 0.3) is 0 Å². The molecule has 2 N–H and O–H groups in total. The van der Waals surface area contributed by atoms with Crippen molar-refractivity contribution in [3.63, 3.8) is 0 Å². The first-order valence-corrected chi connectivity index (χ1v) is 5.81. The molecule has 0 bridgehead atoms. The second-order valence-corrected chi connectivity index (χ2v) is 4.70. The van der Waals surface area contributed by atoms with Crippen molar-refractivity contribution in [1.82, 2.24) is 5.32 Å². The Morgan fingerprint density at radius 1 is 1.50 bits per heavy atom. The lowest BCUT2D eigenvalue weighted by Gasteiger charge is -2.23. The molecule has 16 heavy (non-hydrogen) atoms. The van der Waals surface area contributed by atoms with Crippen molar-refractivity contribution in [1.29, 1.82) is 0 Å². The molecule has 0 radical (unpaired) electrons. The predicted octanol–water partition coefficient (Wildman–Crippen LogP) is 2.42. The van der Waals surface area contributed by atoms with E-state index in [-0.39, 0.29) is 5.91 Å². The van der Waals surface area contributed by atoms with Crippen molar-refractivity contribution in [3.05, 3.63) is 29.3 Å². The number of nitrogens with one attached hydrogen (secondary N) is 2. The number of rotatable bonds is 2. The number of carbonyl (C=O) groups is 1. The summed E-state index contributed by atoms with van der Waals surface area (Å²) in [7, 11) is 0. The van der Waals surface area contributed by atoms with Crippen molar-refractivity contribution >= 4 is 23.2 Å². The smallest absolute Gasteiger partial charge is 0.244 e. The Balaban J connectivity index is 2.10. The molecule has 0 spiro atoms. The van der Waals surface area contributed by atoms with Crippen LogP contribution < -0.4 is 10.6 Å². The molecule has 3 nitrogen and oxygen atoms in total. The number of benzene rings is 1. The van der Waals surface area contributed by atoms with Crippen molar-refractivity contribution < 1.29 is 4.79 Å². The average Bonchev–Trinajstić information content (AvgIpc) is 2.70. The summed E-state index contributed by atoms with van der Waals surface area (Å²) in [5.41, 5.74) is 0.211. The van der Waals surface area contributed by atoms with E-state index in [1.165, 1.54) is 0 Å². The summed E-state index contributed by atoms with van der Waals surface area (Å²) in [6.45, 7) is 2.82. The molecule has 1 amide bonds. The van der Waals surface area contributed by atoms with Gasteiger partial charge in [-0.05, 0) is 38.4 Å². The van der Waals surface area contributed by atoms with Gasteiger partial charge >= 0.3 is 0 Å². The molecule has 4 heteroatoms. The number of hydrogen-bond donors (Lipinski definition) is 2. The van der Waals surface area contributed by atoms with Gasteiger partial charge in [-0.3, -0.25) is 4.79 Å². The van der Waals surface area contributed by atoms with Crippen molar-refractivity contribution in [3.8, 4) is 0 Å². The van der Waals surface area contributed by atoms with E-state index in [1.807, 2.05) is 19.1 Å². The Bertz CT molecular complexity index is 400. The van der Waals surface area contributed by atoms with Crippen molar-refractivity contribution in [2.24, 2.45) is 0 Å². The Morgan fingerprint density at radius 2 is 2.25 bits per heavy atom. The minimum absolute atomic E-state index is 0.0156. The topological polar surface area (TPSA) is 41.1 Å². The van der Waals surface area contributed by atoms with E-state index >= 15 is 0 Å². The van der Waals surface area contributed by atoms with Gasteiger partial charge in [0.15, 0.2) is 0 Å². The van der Waals surface area contributed by atoms with Gasteiger partial charge in [-0.15, -0.1) is 0 Å². The van der Waals surface area contributed by atoms with E-state index < -0.39 is 5.54 Å². The fourth-order valence-electron chi connectivity index (χ4n) is 1.91. The SMILES string of the molecule is CC1(C(=O)Nc2ccccc2Cl)CCCN1. The normalized spacial score (nSPS) is 24.4. The van der Waals surface area contributed by atoms with Gasteiger partial charge in [-0.1, -0.05) is 23.7 Å². The summed E-state index contributed by atoms with van der Waals surface area (Å²) in [4.78, 5) is 12.1. The lowest BCUT2D eigenvalue weighted by atomic mass is 9.99. The van der Waals surface area contributed by atoms with Crippen LogP contribution in [0.4, 0.5) is 5.69 Å². The highest BCUT2D eigenvalue weighted by atomic mass is 35.5. The summed E-state index contributed by atoms with van der Waals surface area (Å²) in [5.74, 6) is -0.0156. The highest BCUT2D eigenvalue weighted by Gasteiger charge is 2.35. The summed E-state index contributed by atoms with van der Waals surface area (Å²) < 4.78 is 0. The van der Waals surface area contributed by atoms with Crippen LogP contribution >= 0.6 is 11.6 Å². The zero-order chi connectivity index (χ0) is 11.6. The summed E-state index contributed by atoms with van der Waals surface area (Å²) in [5, 5.41) is 6.64. The summed E-state index contributed by atoms with van der Waals surface area (Å²) >= 11 is 5.99. The van der Waals surface area contributed by atoms with Crippen LogP contribution in [0.1, 0.15) is 19.8 Å². The van der Waals surface area contributed by atoms with E-state index in [4.69, 9.17) is 11.6 Å². The third-order valence-electron chi connectivity index (χ3n) is 2.99. The second kappa shape index (κ2) is 4.44. The Hall–Kier alpha value is -1.06. The van der Waals surface area contributed by atoms with Gasteiger partial charge in [0.05, 0.1) is 16.2 Å². The molecule has 1 unspecified atom stereocenters. The summed E-state index contributed by atoms with van der Waals surface area (Å²) in [6.07, 6.45) is 1.90. The quantitative estimate of drug-likeness (QED) is 0.831. The van der Waals surface area contributed by atoms with Crippen LogP contribution in [-0.2, 0) is 4.79 Å². The van der Waals surface area contributed by atoms with Crippen LogP contribution in [0.3, 0.4) is 0 Å².